The van der Waals surface area contributed by atoms with Crippen LogP contribution in [0.4, 0.5) is 0 Å². The minimum absolute atomic E-state index is 0.106. The van der Waals surface area contributed by atoms with Crippen LogP contribution in [0.15, 0.2) is 16.6 Å². The Kier molecular flexibility index (Phi) is 6.51. The number of amides is 1. The van der Waals surface area contributed by atoms with Crippen molar-refractivity contribution in [1.29, 1.82) is 0 Å². The van der Waals surface area contributed by atoms with Crippen LogP contribution in [0.2, 0.25) is 0 Å². The van der Waals surface area contributed by atoms with Crippen molar-refractivity contribution in [3.05, 3.63) is 27.7 Å². The summed E-state index contributed by atoms with van der Waals surface area (Å²) in [6, 6.07) is 4.11. The van der Waals surface area contributed by atoms with Gasteiger partial charge in [-0.15, -0.1) is 0 Å². The van der Waals surface area contributed by atoms with E-state index in [1.54, 1.807) is 0 Å². The number of hydrogen-bond donors (Lipinski definition) is 2. The van der Waals surface area contributed by atoms with Crippen LogP contribution in [0.3, 0.4) is 0 Å². The lowest BCUT2D eigenvalue weighted by molar-refractivity contribution is -0.121. The van der Waals surface area contributed by atoms with Gasteiger partial charge >= 0.3 is 0 Å². The number of carbonyl (C=O) groups is 1. The summed E-state index contributed by atoms with van der Waals surface area (Å²) >= 11 is 3.51. The highest BCUT2D eigenvalue weighted by Gasteiger charge is 2.17. The summed E-state index contributed by atoms with van der Waals surface area (Å²) in [5.74, 6) is 1.05. The van der Waals surface area contributed by atoms with E-state index in [2.05, 4.69) is 27.3 Å². The fourth-order valence-corrected chi connectivity index (χ4v) is 3.10. The summed E-state index contributed by atoms with van der Waals surface area (Å²) in [7, 11) is 0. The smallest absolute Gasteiger partial charge is 0.220 e. The van der Waals surface area contributed by atoms with Gasteiger partial charge in [0.05, 0.1) is 6.61 Å². The van der Waals surface area contributed by atoms with Crippen molar-refractivity contribution in [2.45, 2.75) is 45.1 Å². The molecule has 0 radical (unpaired) electrons. The van der Waals surface area contributed by atoms with E-state index in [0.29, 0.717) is 13.0 Å². The first-order valence-corrected chi connectivity index (χ1v) is 8.41. The number of fused-ring (bicyclic) bond motifs is 1. The van der Waals surface area contributed by atoms with Crippen LogP contribution in [0, 0.1) is 0 Å². The van der Waals surface area contributed by atoms with Crippen LogP contribution >= 0.6 is 15.9 Å². The maximum absolute atomic E-state index is 11.8. The zero-order valence-corrected chi connectivity index (χ0v) is 13.9. The van der Waals surface area contributed by atoms with Crippen molar-refractivity contribution in [2.75, 3.05) is 13.2 Å². The van der Waals surface area contributed by atoms with E-state index in [0.717, 1.165) is 61.0 Å². The molecule has 0 saturated heterocycles. The van der Waals surface area contributed by atoms with Crippen LogP contribution in [0.5, 0.6) is 5.75 Å². The first-order valence-electron chi connectivity index (χ1n) is 7.61. The van der Waals surface area contributed by atoms with Gasteiger partial charge < -0.3 is 15.8 Å². The Balaban J connectivity index is 1.77. The molecule has 1 heterocycles. The van der Waals surface area contributed by atoms with Gasteiger partial charge in [-0.2, -0.15) is 0 Å². The Morgan fingerprint density at radius 2 is 2.10 bits per heavy atom. The molecule has 0 spiro atoms. The lowest BCUT2D eigenvalue weighted by atomic mass is 10.1. The van der Waals surface area contributed by atoms with Gasteiger partial charge in [0, 0.05) is 29.4 Å². The quantitative estimate of drug-likeness (QED) is 0.705. The van der Waals surface area contributed by atoms with E-state index >= 15 is 0 Å². The molecular weight excluding hydrogens is 332 g/mol. The van der Waals surface area contributed by atoms with E-state index < -0.39 is 0 Å². The van der Waals surface area contributed by atoms with Crippen LogP contribution in [0.25, 0.3) is 0 Å². The van der Waals surface area contributed by atoms with Gasteiger partial charge in [0.15, 0.2) is 0 Å². The lowest BCUT2D eigenvalue weighted by Gasteiger charge is -2.10. The molecule has 2 rings (SSSR count). The number of nitrogens with two attached hydrogens (primary N) is 1. The molecule has 1 aliphatic rings. The normalized spacial score (nSPS) is 12.9. The topological polar surface area (TPSA) is 64.4 Å². The van der Waals surface area contributed by atoms with Gasteiger partial charge in [0.2, 0.25) is 5.91 Å². The van der Waals surface area contributed by atoms with Crippen molar-refractivity contribution < 1.29 is 9.53 Å². The first-order chi connectivity index (χ1) is 10.2. The summed E-state index contributed by atoms with van der Waals surface area (Å²) in [6.07, 6.45) is 5.68. The first kappa shape index (κ1) is 16.3. The van der Waals surface area contributed by atoms with E-state index in [1.807, 2.05) is 6.07 Å². The van der Waals surface area contributed by atoms with Crippen molar-refractivity contribution in [3.63, 3.8) is 0 Å². The second kappa shape index (κ2) is 8.39. The zero-order valence-electron chi connectivity index (χ0n) is 12.3. The Bertz CT molecular complexity index is 491. The molecule has 0 saturated carbocycles. The highest BCUT2D eigenvalue weighted by molar-refractivity contribution is 9.10. The molecule has 0 atom stereocenters. The fraction of sp³-hybridized carbons (Fsp3) is 0.562. The summed E-state index contributed by atoms with van der Waals surface area (Å²) < 4.78 is 6.70. The van der Waals surface area contributed by atoms with Gasteiger partial charge in [-0.05, 0) is 37.1 Å². The molecule has 0 bridgehead atoms. The molecule has 5 heteroatoms. The molecular formula is C16H23BrN2O2. The van der Waals surface area contributed by atoms with Crippen LogP contribution in [-0.2, 0) is 17.8 Å². The average molecular weight is 355 g/mol. The Labute approximate surface area is 134 Å². The molecule has 0 aliphatic carbocycles. The van der Waals surface area contributed by atoms with Gasteiger partial charge in [-0.3, -0.25) is 4.79 Å². The number of carbonyl (C=O) groups excluding carboxylic acids is 1. The van der Waals surface area contributed by atoms with Crippen molar-refractivity contribution in [2.24, 2.45) is 5.73 Å². The molecule has 1 amide bonds. The predicted octanol–water partition coefficient (Wildman–Crippen LogP) is 2.91. The molecule has 1 aromatic carbocycles. The second-order valence-electron chi connectivity index (χ2n) is 5.38. The molecule has 1 aromatic rings. The third-order valence-electron chi connectivity index (χ3n) is 3.66. The second-order valence-corrected chi connectivity index (χ2v) is 6.30. The van der Waals surface area contributed by atoms with Crippen LogP contribution in [-0.4, -0.2) is 19.1 Å². The van der Waals surface area contributed by atoms with Crippen molar-refractivity contribution in [3.8, 4) is 5.75 Å². The van der Waals surface area contributed by atoms with Gasteiger partial charge in [0.1, 0.15) is 5.75 Å². The summed E-state index contributed by atoms with van der Waals surface area (Å²) in [5, 5.41) is 2.98. The van der Waals surface area contributed by atoms with E-state index in [4.69, 9.17) is 10.5 Å². The fourth-order valence-electron chi connectivity index (χ4n) is 2.54. The lowest BCUT2D eigenvalue weighted by Crippen LogP contribution is -2.22. The van der Waals surface area contributed by atoms with Crippen LogP contribution < -0.4 is 15.8 Å². The molecule has 21 heavy (non-hydrogen) atoms. The minimum atomic E-state index is 0.106. The number of hydrogen-bond acceptors (Lipinski definition) is 3. The highest BCUT2D eigenvalue weighted by Crippen LogP contribution is 2.32. The summed E-state index contributed by atoms with van der Waals surface area (Å²) in [6.45, 7) is 2.00. The maximum Gasteiger partial charge on any atom is 0.220 e. The monoisotopic (exact) mass is 354 g/mol. The number of halogens is 1. The number of benzene rings is 1. The average Bonchev–Trinajstić information content (AvgIpc) is 2.92. The van der Waals surface area contributed by atoms with E-state index in [1.165, 1.54) is 5.56 Å². The Morgan fingerprint density at radius 3 is 2.90 bits per heavy atom. The predicted molar refractivity (Wildman–Crippen MR) is 87.3 cm³/mol. The minimum Gasteiger partial charge on any atom is -0.493 e. The third-order valence-corrected chi connectivity index (χ3v) is 4.12. The van der Waals surface area contributed by atoms with E-state index in [9.17, 15) is 4.79 Å². The van der Waals surface area contributed by atoms with E-state index in [-0.39, 0.29) is 5.91 Å². The van der Waals surface area contributed by atoms with Crippen LogP contribution in [0.1, 0.15) is 43.2 Å². The highest BCUT2D eigenvalue weighted by atomic mass is 79.9. The maximum atomic E-state index is 11.8. The molecule has 0 fully saturated rings. The largest absolute Gasteiger partial charge is 0.493 e. The summed E-state index contributed by atoms with van der Waals surface area (Å²) in [4.78, 5) is 11.8. The third kappa shape index (κ3) is 5.00. The molecule has 1 aliphatic heterocycles. The van der Waals surface area contributed by atoms with Crippen molar-refractivity contribution in [1.82, 2.24) is 5.32 Å². The molecule has 0 unspecified atom stereocenters. The SMILES string of the molecule is NCCCCCCC(=O)NCc1cc(Br)cc2c1OCC2. The van der Waals surface area contributed by atoms with Gasteiger partial charge in [-0.1, -0.05) is 28.8 Å². The molecule has 3 N–H and O–H groups in total. The summed E-state index contributed by atoms with van der Waals surface area (Å²) in [5.41, 5.74) is 7.71. The Morgan fingerprint density at radius 1 is 1.29 bits per heavy atom. The molecule has 116 valence electrons. The number of rotatable bonds is 8. The van der Waals surface area contributed by atoms with Gasteiger partial charge in [-0.25, -0.2) is 0 Å². The zero-order chi connectivity index (χ0) is 15.1. The molecule has 4 nitrogen and oxygen atoms in total. The number of nitrogens with one attached hydrogen (secondary N) is 1. The molecule has 0 aromatic heterocycles. The van der Waals surface area contributed by atoms with Crippen molar-refractivity contribution >= 4 is 21.8 Å². The number of ether oxygens (including phenoxy) is 1. The Hall–Kier alpha value is -1.07. The van der Waals surface area contributed by atoms with Gasteiger partial charge in [0.25, 0.3) is 0 Å². The number of unbranched alkanes of at least 4 members (excludes halogenated alkanes) is 3. The standard InChI is InChI=1S/C16H23BrN2O2/c17-14-9-12-6-8-21-16(12)13(10-14)11-19-15(20)5-3-1-2-4-7-18/h9-10H,1-8,11,18H2,(H,19,20).